The second-order valence-electron chi connectivity index (χ2n) is 7.04. The normalized spacial score (nSPS) is 15.1. The summed E-state index contributed by atoms with van der Waals surface area (Å²) in [5.74, 6) is -0.173. The summed E-state index contributed by atoms with van der Waals surface area (Å²) in [4.78, 5) is 25.5. The number of benzene rings is 3. The topological polar surface area (TPSA) is 93.1 Å². The van der Waals surface area contributed by atoms with Crippen LogP contribution in [0, 0.1) is 0 Å². The van der Waals surface area contributed by atoms with E-state index in [1.54, 1.807) is 37.3 Å². The van der Waals surface area contributed by atoms with Gasteiger partial charge in [-0.15, -0.1) is 0 Å². The standard InChI is InChI=1S/C23H16O6/c1-2-18(26)14-4-3-5-17-21(14)22(27)29-23(17)15-8-6-12(24)10-19(15)28-20-11-13(25)7-9-16(20)23/h3-11,24-25H,2H2,1H3. The Morgan fingerprint density at radius 2 is 1.55 bits per heavy atom. The number of rotatable bonds is 2. The molecule has 0 atom stereocenters. The summed E-state index contributed by atoms with van der Waals surface area (Å²) >= 11 is 0. The zero-order valence-electron chi connectivity index (χ0n) is 15.4. The van der Waals surface area contributed by atoms with Gasteiger partial charge in [-0.05, 0) is 24.3 Å². The molecule has 0 unspecified atom stereocenters. The van der Waals surface area contributed by atoms with Crippen molar-refractivity contribution in [2.75, 3.05) is 0 Å². The van der Waals surface area contributed by atoms with Gasteiger partial charge >= 0.3 is 5.97 Å². The number of ketones is 1. The number of phenolic OH excluding ortho intramolecular Hbond substituents is 2. The second kappa shape index (κ2) is 5.85. The monoisotopic (exact) mass is 388 g/mol. The molecule has 3 aromatic carbocycles. The van der Waals surface area contributed by atoms with Gasteiger partial charge in [0.15, 0.2) is 11.4 Å². The molecule has 2 aliphatic rings. The summed E-state index contributed by atoms with van der Waals surface area (Å²) in [5.41, 5.74) is 0.798. The minimum Gasteiger partial charge on any atom is -0.508 e. The zero-order valence-corrected chi connectivity index (χ0v) is 15.4. The van der Waals surface area contributed by atoms with Crippen molar-refractivity contribution in [2.45, 2.75) is 18.9 Å². The van der Waals surface area contributed by atoms with Gasteiger partial charge in [0.25, 0.3) is 0 Å². The highest BCUT2D eigenvalue weighted by Crippen LogP contribution is 2.57. The molecular weight excluding hydrogens is 372 g/mol. The van der Waals surface area contributed by atoms with Crippen LogP contribution in [0.4, 0.5) is 0 Å². The van der Waals surface area contributed by atoms with E-state index in [9.17, 15) is 19.8 Å². The van der Waals surface area contributed by atoms with Crippen LogP contribution in [-0.4, -0.2) is 22.0 Å². The van der Waals surface area contributed by atoms with Crippen molar-refractivity contribution in [1.82, 2.24) is 0 Å². The van der Waals surface area contributed by atoms with E-state index < -0.39 is 11.6 Å². The van der Waals surface area contributed by atoms with Crippen LogP contribution in [0.25, 0.3) is 0 Å². The van der Waals surface area contributed by atoms with Gasteiger partial charge in [-0.2, -0.15) is 0 Å². The number of hydrogen-bond acceptors (Lipinski definition) is 6. The number of carbonyl (C=O) groups is 2. The second-order valence-corrected chi connectivity index (χ2v) is 7.04. The highest BCUT2D eigenvalue weighted by Gasteiger charge is 2.54. The van der Waals surface area contributed by atoms with E-state index in [4.69, 9.17) is 9.47 Å². The van der Waals surface area contributed by atoms with Crippen LogP contribution < -0.4 is 4.74 Å². The maximum absolute atomic E-state index is 13.0. The third-order valence-electron chi connectivity index (χ3n) is 5.42. The van der Waals surface area contributed by atoms with Crippen LogP contribution >= 0.6 is 0 Å². The number of ether oxygens (including phenoxy) is 2. The fourth-order valence-electron chi connectivity index (χ4n) is 4.17. The van der Waals surface area contributed by atoms with Crippen LogP contribution in [0.2, 0.25) is 0 Å². The average Bonchev–Trinajstić information content (AvgIpc) is 3.00. The van der Waals surface area contributed by atoms with Crippen LogP contribution in [0.1, 0.15) is 50.8 Å². The molecule has 2 heterocycles. The van der Waals surface area contributed by atoms with Gasteiger partial charge < -0.3 is 19.7 Å². The molecule has 0 saturated heterocycles. The molecule has 6 nitrogen and oxygen atoms in total. The summed E-state index contributed by atoms with van der Waals surface area (Å²) in [6, 6.07) is 14.2. The van der Waals surface area contributed by atoms with Gasteiger partial charge in [0.1, 0.15) is 23.0 Å². The van der Waals surface area contributed by atoms with E-state index in [0.717, 1.165) is 0 Å². The van der Waals surface area contributed by atoms with Crippen molar-refractivity contribution in [3.05, 3.63) is 82.4 Å². The molecule has 0 aliphatic carbocycles. The highest BCUT2D eigenvalue weighted by molar-refractivity contribution is 6.09. The van der Waals surface area contributed by atoms with E-state index in [1.165, 1.54) is 24.3 Å². The lowest BCUT2D eigenvalue weighted by Crippen LogP contribution is -2.32. The SMILES string of the molecule is CCC(=O)c1cccc2c1C(=O)OC21c2ccc(O)cc2Oc2cc(O)ccc21. The van der Waals surface area contributed by atoms with E-state index in [2.05, 4.69) is 0 Å². The Bertz CT molecular complexity index is 1160. The Hall–Kier alpha value is -3.80. The molecule has 3 aromatic rings. The minimum absolute atomic E-state index is 0.0121. The maximum atomic E-state index is 13.0. The van der Waals surface area contributed by atoms with Gasteiger partial charge in [-0.1, -0.05) is 25.1 Å². The summed E-state index contributed by atoms with van der Waals surface area (Å²) in [6.45, 7) is 1.74. The van der Waals surface area contributed by atoms with Crippen molar-refractivity contribution in [2.24, 2.45) is 0 Å². The lowest BCUT2D eigenvalue weighted by atomic mass is 9.77. The smallest absolute Gasteiger partial charge is 0.340 e. The van der Waals surface area contributed by atoms with E-state index >= 15 is 0 Å². The van der Waals surface area contributed by atoms with Crippen molar-refractivity contribution < 1.29 is 29.3 Å². The van der Waals surface area contributed by atoms with Crippen molar-refractivity contribution in [3.8, 4) is 23.0 Å². The fraction of sp³-hybridized carbons (Fsp3) is 0.130. The molecule has 2 N–H and O–H groups in total. The van der Waals surface area contributed by atoms with E-state index in [1.807, 2.05) is 0 Å². The number of esters is 1. The Morgan fingerprint density at radius 1 is 0.931 bits per heavy atom. The minimum atomic E-state index is -1.35. The predicted octanol–water partition coefficient (Wildman–Crippen LogP) is 4.26. The molecule has 0 radical (unpaired) electrons. The molecule has 0 aromatic heterocycles. The number of phenols is 2. The summed E-state index contributed by atoms with van der Waals surface area (Å²) in [6.07, 6.45) is 0.259. The summed E-state index contributed by atoms with van der Waals surface area (Å²) in [7, 11) is 0. The first-order valence-corrected chi connectivity index (χ1v) is 9.20. The summed E-state index contributed by atoms with van der Waals surface area (Å²) in [5, 5.41) is 19.9. The molecule has 29 heavy (non-hydrogen) atoms. The predicted molar refractivity (Wildman–Crippen MR) is 103 cm³/mol. The number of carbonyl (C=O) groups excluding carboxylic acids is 2. The lowest BCUT2D eigenvalue weighted by molar-refractivity contribution is 0.0223. The fourth-order valence-corrected chi connectivity index (χ4v) is 4.17. The molecule has 1 spiro atoms. The first-order valence-electron chi connectivity index (χ1n) is 9.20. The maximum Gasteiger partial charge on any atom is 0.340 e. The van der Waals surface area contributed by atoms with Crippen LogP contribution in [0.3, 0.4) is 0 Å². The van der Waals surface area contributed by atoms with Gasteiger partial charge in [0, 0.05) is 40.8 Å². The van der Waals surface area contributed by atoms with Gasteiger partial charge in [-0.25, -0.2) is 4.79 Å². The lowest BCUT2D eigenvalue weighted by Gasteiger charge is -2.36. The van der Waals surface area contributed by atoms with E-state index in [0.29, 0.717) is 33.8 Å². The molecule has 5 rings (SSSR count). The highest BCUT2D eigenvalue weighted by atomic mass is 16.6. The third-order valence-corrected chi connectivity index (χ3v) is 5.42. The number of Topliss-reactive ketones (excluding diaryl/α,β-unsaturated/α-hetero) is 1. The van der Waals surface area contributed by atoms with E-state index in [-0.39, 0.29) is 29.3 Å². The number of hydrogen-bond donors (Lipinski definition) is 2. The third kappa shape index (κ3) is 2.23. The Balaban J connectivity index is 1.89. The first kappa shape index (κ1) is 17.3. The molecule has 0 saturated carbocycles. The zero-order chi connectivity index (χ0) is 20.3. The van der Waals surface area contributed by atoms with Crippen molar-refractivity contribution in [3.63, 3.8) is 0 Å². The first-order chi connectivity index (χ1) is 14.0. The van der Waals surface area contributed by atoms with Gasteiger partial charge in [-0.3, -0.25) is 4.79 Å². The van der Waals surface area contributed by atoms with Crippen molar-refractivity contribution in [1.29, 1.82) is 0 Å². The Kier molecular flexibility index (Phi) is 3.49. The molecule has 0 amide bonds. The van der Waals surface area contributed by atoms with Crippen molar-refractivity contribution >= 4 is 11.8 Å². The molecule has 0 fully saturated rings. The number of fused-ring (bicyclic) bond motifs is 6. The molecule has 2 aliphatic heterocycles. The number of aromatic hydroxyl groups is 2. The van der Waals surface area contributed by atoms with Crippen LogP contribution in [0.15, 0.2) is 54.6 Å². The molecule has 144 valence electrons. The average molecular weight is 388 g/mol. The molecule has 6 heteroatoms. The Morgan fingerprint density at radius 3 is 2.14 bits per heavy atom. The summed E-state index contributed by atoms with van der Waals surface area (Å²) < 4.78 is 11.9. The van der Waals surface area contributed by atoms with Gasteiger partial charge in [0.05, 0.1) is 5.56 Å². The molecule has 0 bridgehead atoms. The van der Waals surface area contributed by atoms with Crippen LogP contribution in [-0.2, 0) is 10.3 Å². The quantitative estimate of drug-likeness (QED) is 0.503. The largest absolute Gasteiger partial charge is 0.508 e. The molecular formula is C23H16O6. The van der Waals surface area contributed by atoms with Crippen LogP contribution in [0.5, 0.6) is 23.0 Å². The van der Waals surface area contributed by atoms with Gasteiger partial charge in [0.2, 0.25) is 0 Å². The Labute approximate surface area is 165 Å².